The molecular weight excluding hydrogens is 265 g/mol. The molecule has 1 unspecified atom stereocenters. The Hall–Kier alpha value is -1.35. The zero-order valence-electron chi connectivity index (χ0n) is 14.0. The van der Waals surface area contributed by atoms with Crippen LogP contribution < -0.4 is 10.1 Å². The molecule has 0 aliphatic heterocycles. The first-order chi connectivity index (χ1) is 9.70. The molecule has 0 fully saturated rings. The van der Waals surface area contributed by atoms with Crippen molar-refractivity contribution in [2.45, 2.75) is 53.2 Å². The highest BCUT2D eigenvalue weighted by molar-refractivity contribution is 5.24. The lowest BCUT2D eigenvalue weighted by molar-refractivity contribution is 0.0802. The van der Waals surface area contributed by atoms with Gasteiger partial charge in [0.2, 0.25) is 0 Å². The zero-order valence-corrected chi connectivity index (χ0v) is 14.0. The quantitative estimate of drug-likeness (QED) is 0.744. The van der Waals surface area contributed by atoms with Crippen LogP contribution in [0.5, 0.6) is 5.75 Å². The van der Waals surface area contributed by atoms with Crippen molar-refractivity contribution in [3.8, 4) is 5.75 Å². The van der Waals surface area contributed by atoms with Crippen LogP contribution in [0.25, 0.3) is 0 Å². The number of rotatable bonds is 7. The van der Waals surface area contributed by atoms with Gasteiger partial charge in [0.25, 0.3) is 0 Å². The van der Waals surface area contributed by atoms with Crippen molar-refractivity contribution in [1.29, 1.82) is 0 Å². The lowest BCUT2D eigenvalue weighted by atomic mass is 9.95. The Morgan fingerprint density at radius 3 is 2.29 bits per heavy atom. The van der Waals surface area contributed by atoms with Crippen LogP contribution in [0.1, 0.15) is 41.5 Å². The summed E-state index contributed by atoms with van der Waals surface area (Å²) in [5.74, 6) is 0.999. The van der Waals surface area contributed by atoms with Gasteiger partial charge in [-0.05, 0) is 64.4 Å². The van der Waals surface area contributed by atoms with E-state index in [9.17, 15) is 4.39 Å². The monoisotopic (exact) mass is 293 g/mol. The van der Waals surface area contributed by atoms with E-state index in [0.29, 0.717) is 11.7 Å². The van der Waals surface area contributed by atoms with E-state index in [0.717, 1.165) is 6.54 Å². The fourth-order valence-electron chi connectivity index (χ4n) is 2.07. The molecule has 2 nitrogen and oxygen atoms in total. The number of benzene rings is 1. The third kappa shape index (κ3) is 6.30. The van der Waals surface area contributed by atoms with Crippen LogP contribution in [-0.2, 0) is 0 Å². The van der Waals surface area contributed by atoms with E-state index in [1.165, 1.54) is 17.7 Å². The topological polar surface area (TPSA) is 21.3 Å². The lowest BCUT2D eigenvalue weighted by Gasteiger charge is -2.35. The van der Waals surface area contributed by atoms with Gasteiger partial charge in [0.1, 0.15) is 17.2 Å². The van der Waals surface area contributed by atoms with Crippen molar-refractivity contribution in [3.05, 3.63) is 41.7 Å². The number of nitrogens with one attached hydrogen (secondary N) is 1. The van der Waals surface area contributed by atoms with Crippen molar-refractivity contribution < 1.29 is 9.13 Å². The molecule has 1 aromatic carbocycles. The summed E-state index contributed by atoms with van der Waals surface area (Å²) in [5.41, 5.74) is 0.816. The summed E-state index contributed by atoms with van der Waals surface area (Å²) in [6, 6.07) is 6.26. The van der Waals surface area contributed by atoms with Crippen LogP contribution in [0.3, 0.4) is 0 Å². The Labute approximate surface area is 128 Å². The van der Waals surface area contributed by atoms with Crippen molar-refractivity contribution >= 4 is 0 Å². The van der Waals surface area contributed by atoms with Crippen LogP contribution in [0.2, 0.25) is 0 Å². The molecule has 0 aromatic heterocycles. The predicted octanol–water partition coefficient (Wildman–Crippen LogP) is 4.56. The molecule has 0 aliphatic carbocycles. The van der Waals surface area contributed by atoms with Gasteiger partial charge < -0.3 is 10.1 Å². The number of ether oxygens (including phenoxy) is 1. The molecule has 0 heterocycles. The molecule has 0 amide bonds. The van der Waals surface area contributed by atoms with Gasteiger partial charge in [0.05, 0.1) is 6.04 Å². The lowest BCUT2D eigenvalue weighted by Crippen LogP contribution is -2.50. The molecule has 1 aromatic rings. The largest absolute Gasteiger partial charge is 0.486 e. The highest BCUT2D eigenvalue weighted by Gasteiger charge is 2.30. The molecule has 0 saturated heterocycles. The van der Waals surface area contributed by atoms with Gasteiger partial charge in [-0.25, -0.2) is 4.39 Å². The minimum Gasteiger partial charge on any atom is -0.486 e. The zero-order chi connectivity index (χ0) is 16.0. The fourth-order valence-corrected chi connectivity index (χ4v) is 2.07. The molecule has 118 valence electrons. The highest BCUT2D eigenvalue weighted by Crippen LogP contribution is 2.23. The van der Waals surface area contributed by atoms with Gasteiger partial charge in [-0.15, -0.1) is 0 Å². The van der Waals surface area contributed by atoms with Crippen molar-refractivity contribution in [2.24, 2.45) is 5.92 Å². The van der Waals surface area contributed by atoms with Gasteiger partial charge in [-0.1, -0.05) is 25.5 Å². The standard InChI is InChI=1S/C18H28FNO/c1-13(2)11-17(20-12-14(3)4)18(5,6)21-16-9-7-15(19)8-10-16/h7-11,14,17,20H,12H2,1-6H3. The van der Waals surface area contributed by atoms with E-state index in [1.54, 1.807) is 12.1 Å². The number of hydrogen-bond acceptors (Lipinski definition) is 2. The van der Waals surface area contributed by atoms with E-state index >= 15 is 0 Å². The number of allylic oxidation sites excluding steroid dienone is 1. The van der Waals surface area contributed by atoms with Crippen molar-refractivity contribution in [1.82, 2.24) is 5.32 Å². The summed E-state index contributed by atoms with van der Waals surface area (Å²) in [6.45, 7) is 13.5. The molecule has 1 rings (SSSR count). The summed E-state index contributed by atoms with van der Waals surface area (Å²) in [6.07, 6.45) is 2.19. The maximum Gasteiger partial charge on any atom is 0.123 e. The smallest absolute Gasteiger partial charge is 0.123 e. The van der Waals surface area contributed by atoms with E-state index < -0.39 is 5.60 Å². The molecule has 3 heteroatoms. The molecule has 21 heavy (non-hydrogen) atoms. The summed E-state index contributed by atoms with van der Waals surface area (Å²) in [5, 5.41) is 3.55. The van der Waals surface area contributed by atoms with E-state index in [2.05, 4.69) is 39.1 Å². The van der Waals surface area contributed by atoms with Crippen LogP contribution in [0.4, 0.5) is 4.39 Å². The summed E-state index contributed by atoms with van der Waals surface area (Å²) in [4.78, 5) is 0. The normalized spacial score (nSPS) is 13.1. The molecule has 1 N–H and O–H groups in total. The summed E-state index contributed by atoms with van der Waals surface area (Å²) in [7, 11) is 0. The Morgan fingerprint density at radius 1 is 1.24 bits per heavy atom. The van der Waals surface area contributed by atoms with Gasteiger partial charge >= 0.3 is 0 Å². The fraction of sp³-hybridized carbons (Fsp3) is 0.556. The second-order valence-electron chi connectivity index (χ2n) is 6.68. The summed E-state index contributed by atoms with van der Waals surface area (Å²) < 4.78 is 19.1. The molecule has 0 radical (unpaired) electrons. The van der Waals surface area contributed by atoms with Gasteiger partial charge in [0.15, 0.2) is 0 Å². The molecule has 0 spiro atoms. The van der Waals surface area contributed by atoms with Gasteiger partial charge in [0, 0.05) is 0 Å². The minimum atomic E-state index is -0.427. The van der Waals surface area contributed by atoms with Crippen LogP contribution >= 0.6 is 0 Å². The average molecular weight is 293 g/mol. The first-order valence-electron chi connectivity index (χ1n) is 7.53. The highest BCUT2D eigenvalue weighted by atomic mass is 19.1. The van der Waals surface area contributed by atoms with E-state index in [4.69, 9.17) is 4.74 Å². The molecule has 0 saturated carbocycles. The molecular formula is C18H28FNO. The maximum atomic E-state index is 13.0. The maximum absolute atomic E-state index is 13.0. The van der Waals surface area contributed by atoms with E-state index in [1.807, 2.05) is 13.8 Å². The van der Waals surface area contributed by atoms with Crippen LogP contribution in [0, 0.1) is 11.7 Å². The number of halogens is 1. The summed E-state index contributed by atoms with van der Waals surface area (Å²) >= 11 is 0. The number of hydrogen-bond donors (Lipinski definition) is 1. The van der Waals surface area contributed by atoms with Crippen LogP contribution in [-0.4, -0.2) is 18.2 Å². The first-order valence-corrected chi connectivity index (χ1v) is 7.53. The average Bonchev–Trinajstić information content (AvgIpc) is 2.36. The van der Waals surface area contributed by atoms with Crippen LogP contribution in [0.15, 0.2) is 35.9 Å². The minimum absolute atomic E-state index is 0.0925. The van der Waals surface area contributed by atoms with Gasteiger partial charge in [-0.2, -0.15) is 0 Å². The second-order valence-corrected chi connectivity index (χ2v) is 6.68. The predicted molar refractivity (Wildman–Crippen MR) is 87.2 cm³/mol. The molecule has 0 bridgehead atoms. The van der Waals surface area contributed by atoms with Crippen molar-refractivity contribution in [3.63, 3.8) is 0 Å². The first kappa shape index (κ1) is 17.7. The second kappa shape index (κ2) is 7.60. The molecule has 1 atom stereocenters. The third-order valence-electron chi connectivity index (χ3n) is 3.19. The Bertz CT molecular complexity index is 459. The molecule has 0 aliphatic rings. The Balaban J connectivity index is 2.86. The van der Waals surface area contributed by atoms with Crippen molar-refractivity contribution in [2.75, 3.05) is 6.54 Å². The van der Waals surface area contributed by atoms with Gasteiger partial charge in [-0.3, -0.25) is 0 Å². The van der Waals surface area contributed by atoms with E-state index in [-0.39, 0.29) is 11.9 Å². The Kier molecular flexibility index (Phi) is 6.41. The third-order valence-corrected chi connectivity index (χ3v) is 3.19. The SMILES string of the molecule is CC(C)=CC(NCC(C)C)C(C)(C)Oc1ccc(F)cc1. The Morgan fingerprint density at radius 2 is 1.81 bits per heavy atom.